The van der Waals surface area contributed by atoms with E-state index in [0.717, 1.165) is 89.6 Å². The second-order valence-corrected chi connectivity index (χ2v) is 24.9. The molecule has 4 N–H and O–H groups in total. The van der Waals surface area contributed by atoms with Crippen LogP contribution in [0.25, 0.3) is 86.7 Å². The van der Waals surface area contributed by atoms with Crippen molar-refractivity contribution < 1.29 is 29.4 Å². The molecule has 2 heterocycles. The largest absolute Gasteiger partial charge is 0.478 e. The second-order valence-electron chi connectivity index (χ2n) is 24.9. The van der Waals surface area contributed by atoms with Gasteiger partial charge in [-0.05, 0) is 173 Å². The molecule has 0 radical (unpaired) electrons. The molecule has 10 heteroatoms. The first-order chi connectivity index (χ1) is 43.0. The van der Waals surface area contributed by atoms with Gasteiger partial charge in [-0.25, -0.2) is 9.59 Å². The molecule has 0 aliphatic carbocycles. The van der Waals surface area contributed by atoms with Gasteiger partial charge < -0.3 is 30.0 Å². The summed E-state index contributed by atoms with van der Waals surface area (Å²) >= 11 is 0. The van der Waals surface area contributed by atoms with Crippen LogP contribution in [-0.4, -0.2) is 56.2 Å². The standard InChI is InChI=1S/C78H88N4O6/c1-5-9-13-17-25-51-33-39-64-60(47-51)61-48-52(26-18-14-10-6-2)34-40-65(61)81(64)45-23-43-79-75(83)72-70-58-32-22-30-55-29-21-31-56(68(55)58)57-37-38-59(77(85)86)71(69(57)70)74(78(87)88)73(72)76(84)80-44-24-46-82-66-41-35-53(27-19-15-11-7-3)49-62(66)63-50-54(36-42-67(63)82)28-20-16-12-8-4/h21-22,29-42,47-50H,5-20,23-28,43-46H2,1-4H3,(H,79,83)(H,80,84)(H,85,86)(H,87,88). The minimum Gasteiger partial charge on any atom is -0.478 e. The second kappa shape index (κ2) is 28.3. The van der Waals surface area contributed by atoms with E-state index in [2.05, 4.69) is 120 Å². The van der Waals surface area contributed by atoms with Crippen LogP contribution in [0.3, 0.4) is 0 Å². The highest BCUT2D eigenvalue weighted by Gasteiger charge is 2.34. The molecule has 0 saturated heterocycles. The van der Waals surface area contributed by atoms with Crippen LogP contribution in [0, 0.1) is 0 Å². The van der Waals surface area contributed by atoms with Gasteiger partial charge in [0.25, 0.3) is 11.8 Å². The van der Waals surface area contributed by atoms with Gasteiger partial charge in [-0.2, -0.15) is 0 Å². The van der Waals surface area contributed by atoms with Crippen LogP contribution in [0.2, 0.25) is 0 Å². The Kier molecular flexibility index (Phi) is 19.7. The van der Waals surface area contributed by atoms with Crippen LogP contribution < -0.4 is 10.6 Å². The molecule has 11 aromatic rings. The number of hydrogen-bond donors (Lipinski definition) is 4. The van der Waals surface area contributed by atoms with Crippen molar-refractivity contribution in [3.63, 3.8) is 0 Å². The molecule has 0 spiro atoms. The number of fused-ring (bicyclic) bond motifs is 8. The van der Waals surface area contributed by atoms with Crippen molar-refractivity contribution in [3.05, 3.63) is 166 Å². The molecule has 0 unspecified atom stereocenters. The van der Waals surface area contributed by atoms with Crippen molar-refractivity contribution in [2.45, 2.75) is 182 Å². The minimum atomic E-state index is -1.50. The fourth-order valence-electron chi connectivity index (χ4n) is 14.3. The number of nitrogens with zero attached hydrogens (tertiary/aromatic N) is 2. The van der Waals surface area contributed by atoms with E-state index < -0.39 is 29.3 Å². The van der Waals surface area contributed by atoms with Gasteiger partial charge in [-0.15, -0.1) is 0 Å². The van der Waals surface area contributed by atoms with Crippen molar-refractivity contribution in [2.75, 3.05) is 13.1 Å². The van der Waals surface area contributed by atoms with Crippen molar-refractivity contribution in [3.8, 4) is 0 Å². The van der Waals surface area contributed by atoms with Crippen LogP contribution in [0.4, 0.5) is 0 Å². The third kappa shape index (κ3) is 12.6. The van der Waals surface area contributed by atoms with Gasteiger partial charge in [0.05, 0.1) is 22.3 Å². The Hall–Kier alpha value is -8.24. The summed E-state index contributed by atoms with van der Waals surface area (Å²) in [7, 11) is 0. The number of nitrogens with one attached hydrogen (secondary N) is 2. The Morgan fingerprint density at radius 1 is 0.352 bits per heavy atom. The van der Waals surface area contributed by atoms with Gasteiger partial charge in [0.1, 0.15) is 0 Å². The van der Waals surface area contributed by atoms with Crippen LogP contribution in [0.15, 0.2) is 121 Å². The number of aromatic nitrogens is 2. The number of benzene rings is 9. The zero-order chi connectivity index (χ0) is 61.3. The summed E-state index contributed by atoms with van der Waals surface area (Å²) in [5, 5.41) is 37.9. The van der Waals surface area contributed by atoms with Gasteiger partial charge in [0.2, 0.25) is 0 Å². The number of hydrogen-bond acceptors (Lipinski definition) is 4. The van der Waals surface area contributed by atoms with Crippen LogP contribution >= 0.6 is 0 Å². The normalized spacial score (nSPS) is 12.0. The highest BCUT2D eigenvalue weighted by Crippen LogP contribution is 2.46. The van der Waals surface area contributed by atoms with Crippen molar-refractivity contribution in [2.24, 2.45) is 0 Å². The summed E-state index contributed by atoms with van der Waals surface area (Å²) in [5.74, 6) is -4.19. The molecule has 0 aliphatic heterocycles. The van der Waals surface area contributed by atoms with Crippen LogP contribution in [-0.2, 0) is 38.8 Å². The Morgan fingerprint density at radius 3 is 1.15 bits per heavy atom. The highest BCUT2D eigenvalue weighted by molar-refractivity contribution is 6.41. The summed E-state index contributed by atoms with van der Waals surface area (Å²) in [6.45, 7) is 10.5. The predicted octanol–water partition coefficient (Wildman–Crippen LogP) is 19.5. The fourth-order valence-corrected chi connectivity index (χ4v) is 14.3. The number of carboxylic acid groups (broad SMARTS) is 2. The maximum Gasteiger partial charge on any atom is 0.337 e. The topological polar surface area (TPSA) is 143 Å². The third-order valence-corrected chi connectivity index (χ3v) is 18.8. The predicted molar refractivity (Wildman–Crippen MR) is 366 cm³/mol. The maximum atomic E-state index is 15.6. The Balaban J connectivity index is 0.941. The minimum absolute atomic E-state index is 0.0821. The SMILES string of the molecule is CCCCCCc1ccc2c(c1)c1cc(CCCCCC)ccc1n2CCCNC(=O)c1c(C(=O)O)c2c(C(=O)O)ccc3c4cccc5cccc(c(c1C(=O)NCCCn1c6ccc(CCCCCC)cc6c6cc(CCCCCC)ccc61)c23)c54. The molecule has 0 fully saturated rings. The maximum absolute atomic E-state index is 15.6. The molecule has 2 amide bonds. The summed E-state index contributed by atoms with van der Waals surface area (Å²) in [6, 6.07) is 42.3. The molecule has 0 saturated carbocycles. The van der Waals surface area contributed by atoms with Crippen molar-refractivity contribution in [1.82, 2.24) is 19.8 Å². The lowest BCUT2D eigenvalue weighted by molar-refractivity contribution is 0.0692. The molecular weight excluding hydrogens is 1090 g/mol. The van der Waals surface area contributed by atoms with Crippen molar-refractivity contribution in [1.29, 1.82) is 0 Å². The number of unbranched alkanes of at least 4 members (excludes halogenated alkanes) is 12. The molecule has 11 rings (SSSR count). The highest BCUT2D eigenvalue weighted by atomic mass is 16.4. The molecule has 9 aromatic carbocycles. The fraction of sp³-hybridized carbons (Fsp3) is 0.385. The molecule has 0 aliphatic rings. The van der Waals surface area contributed by atoms with Crippen LogP contribution in [0.5, 0.6) is 0 Å². The van der Waals surface area contributed by atoms with Gasteiger partial charge in [-0.1, -0.05) is 171 Å². The molecule has 10 nitrogen and oxygen atoms in total. The quantitative estimate of drug-likeness (QED) is 0.0188. The lowest BCUT2D eigenvalue weighted by Gasteiger charge is -2.23. The number of carbonyl (C=O) groups is 4. The first-order valence-corrected chi connectivity index (χ1v) is 33.3. The number of amides is 2. The number of carbonyl (C=O) groups excluding carboxylic acids is 2. The zero-order valence-electron chi connectivity index (χ0n) is 52.4. The first kappa shape index (κ1) is 61.4. The average Bonchev–Trinajstić information content (AvgIpc) is 0.819. The first-order valence-electron chi connectivity index (χ1n) is 33.3. The van der Waals surface area contributed by atoms with E-state index in [1.807, 2.05) is 36.4 Å². The lowest BCUT2D eigenvalue weighted by Crippen LogP contribution is -2.33. The zero-order valence-corrected chi connectivity index (χ0v) is 52.4. The smallest absolute Gasteiger partial charge is 0.337 e. The van der Waals surface area contributed by atoms with E-state index in [-0.39, 0.29) is 35.2 Å². The molecule has 88 heavy (non-hydrogen) atoms. The third-order valence-electron chi connectivity index (χ3n) is 18.8. The Morgan fingerprint density at radius 2 is 0.750 bits per heavy atom. The Labute approximate surface area is 518 Å². The van der Waals surface area contributed by atoms with Gasteiger partial charge >= 0.3 is 11.9 Å². The summed E-state index contributed by atoms with van der Waals surface area (Å²) in [5.41, 5.74) is 8.66. The summed E-state index contributed by atoms with van der Waals surface area (Å²) in [4.78, 5) is 58.5. The number of aryl methyl sites for hydroxylation is 6. The van der Waals surface area contributed by atoms with E-state index in [9.17, 15) is 19.8 Å². The number of carboxylic acids is 2. The number of aromatic carboxylic acids is 2. The Bertz CT molecular complexity index is 4210. The van der Waals surface area contributed by atoms with Crippen LogP contribution in [0.1, 0.15) is 207 Å². The van der Waals surface area contributed by atoms with Gasteiger partial charge in [0, 0.05) is 80.6 Å². The van der Waals surface area contributed by atoms with Gasteiger partial charge in [-0.3, -0.25) is 9.59 Å². The molecule has 0 atom stereocenters. The number of rotatable bonds is 32. The molecule has 2 aromatic heterocycles. The summed E-state index contributed by atoms with van der Waals surface area (Å²) < 4.78 is 4.69. The monoisotopic (exact) mass is 1180 g/mol. The van der Waals surface area contributed by atoms with E-state index in [4.69, 9.17) is 0 Å². The van der Waals surface area contributed by atoms with E-state index >= 15 is 9.59 Å². The van der Waals surface area contributed by atoms with Gasteiger partial charge in [0.15, 0.2) is 0 Å². The van der Waals surface area contributed by atoms with Crippen molar-refractivity contribution >= 4 is 110 Å². The van der Waals surface area contributed by atoms with E-state index in [1.165, 1.54) is 127 Å². The average molecular weight is 1180 g/mol. The molecule has 0 bridgehead atoms. The molecule has 456 valence electrons. The molecular formula is C78H88N4O6. The lowest BCUT2D eigenvalue weighted by atomic mass is 9.81. The van der Waals surface area contributed by atoms with E-state index in [0.29, 0.717) is 47.5 Å². The van der Waals surface area contributed by atoms with E-state index in [1.54, 1.807) is 6.07 Å². The summed E-state index contributed by atoms with van der Waals surface area (Å²) in [6.07, 6.45) is 24.3.